The van der Waals surface area contributed by atoms with Crippen LogP contribution in [0.1, 0.15) is 34.6 Å². The molecule has 2 rings (SSSR count). The molecule has 0 bridgehead atoms. The van der Waals surface area contributed by atoms with Gasteiger partial charge in [-0.05, 0) is 25.1 Å². The van der Waals surface area contributed by atoms with E-state index < -0.39 is 0 Å². The van der Waals surface area contributed by atoms with Crippen LogP contribution in [0.5, 0.6) is 0 Å². The lowest BCUT2D eigenvalue weighted by molar-refractivity contribution is 0.0982. The summed E-state index contributed by atoms with van der Waals surface area (Å²) in [6, 6.07) is 1.36. The third kappa shape index (κ3) is 1.52. The average Bonchev–Trinajstić information content (AvgIpc) is 2.57. The molecule has 2 aromatic rings. The molecule has 0 fully saturated rings. The van der Waals surface area contributed by atoms with E-state index in [-0.39, 0.29) is 39.4 Å². The largest absolute Gasteiger partial charge is 0.410 e. The van der Waals surface area contributed by atoms with Gasteiger partial charge in [-0.3, -0.25) is 9.59 Å². The molecule has 88 valence electrons. The van der Waals surface area contributed by atoms with Crippen molar-refractivity contribution in [1.29, 1.82) is 0 Å². The van der Waals surface area contributed by atoms with Crippen LogP contribution in [0.4, 0.5) is 5.69 Å². The van der Waals surface area contributed by atoms with Crippen LogP contribution in [0.25, 0.3) is 11.0 Å². The molecule has 3 N–H and O–H groups in total. The first-order valence-electron chi connectivity index (χ1n) is 4.82. The van der Waals surface area contributed by atoms with Crippen molar-refractivity contribution in [2.45, 2.75) is 13.8 Å². The van der Waals surface area contributed by atoms with Crippen LogP contribution in [-0.2, 0) is 0 Å². The molecule has 17 heavy (non-hydrogen) atoms. The van der Waals surface area contributed by atoms with Gasteiger partial charge in [0, 0.05) is 5.69 Å². The summed E-state index contributed by atoms with van der Waals surface area (Å²) < 4.78 is 0. The maximum Gasteiger partial charge on any atom is 0.162 e. The molecule has 7 nitrogen and oxygen atoms in total. The van der Waals surface area contributed by atoms with Crippen molar-refractivity contribution in [3.8, 4) is 0 Å². The molecule has 0 radical (unpaired) electrons. The summed E-state index contributed by atoms with van der Waals surface area (Å²) in [5, 5.41) is 16.4. The van der Waals surface area contributed by atoms with E-state index in [9.17, 15) is 14.8 Å². The lowest BCUT2D eigenvalue weighted by atomic mass is 9.98. The monoisotopic (exact) mass is 234 g/mol. The molecule has 0 saturated carbocycles. The van der Waals surface area contributed by atoms with Gasteiger partial charge in [-0.25, -0.2) is 0 Å². The number of Topliss-reactive ketones (excluding diaryl/α,β-unsaturated/α-hetero) is 2. The molecule has 7 heteroatoms. The van der Waals surface area contributed by atoms with Crippen LogP contribution >= 0.6 is 0 Å². The summed E-state index contributed by atoms with van der Waals surface area (Å²) >= 11 is 0. The summed E-state index contributed by atoms with van der Waals surface area (Å²) in [7, 11) is 0. The molecule has 1 aromatic carbocycles. The van der Waals surface area contributed by atoms with Crippen molar-refractivity contribution < 1.29 is 14.8 Å². The van der Waals surface area contributed by atoms with Crippen LogP contribution in [0.2, 0.25) is 0 Å². The maximum atomic E-state index is 11.6. The molecular weight excluding hydrogens is 224 g/mol. The normalized spacial score (nSPS) is 10.7. The van der Waals surface area contributed by atoms with Gasteiger partial charge >= 0.3 is 0 Å². The molecule has 0 aliphatic rings. The molecule has 0 aliphatic carbocycles. The van der Waals surface area contributed by atoms with E-state index in [0.717, 1.165) is 0 Å². The second kappa shape index (κ2) is 3.55. The van der Waals surface area contributed by atoms with E-state index in [2.05, 4.69) is 10.3 Å². The Hall–Kier alpha value is -2.44. The lowest BCUT2D eigenvalue weighted by Crippen LogP contribution is -2.09. The highest BCUT2D eigenvalue weighted by atomic mass is 16.5. The fourth-order valence-corrected chi connectivity index (χ4v) is 1.79. The fourth-order valence-electron chi connectivity index (χ4n) is 1.79. The Morgan fingerprint density at radius 2 is 1.88 bits per heavy atom. The first-order valence-corrected chi connectivity index (χ1v) is 4.82. The van der Waals surface area contributed by atoms with Crippen LogP contribution in [0.3, 0.4) is 0 Å². The number of rotatable bonds is 2. The fraction of sp³-hybridized carbons (Fsp3) is 0.200. The second-order valence-corrected chi connectivity index (χ2v) is 3.67. The zero-order valence-corrected chi connectivity index (χ0v) is 9.26. The minimum Gasteiger partial charge on any atom is -0.410 e. The predicted molar refractivity (Wildman–Crippen MR) is 59.1 cm³/mol. The number of ketones is 2. The second-order valence-electron chi connectivity index (χ2n) is 3.67. The highest BCUT2D eigenvalue weighted by molar-refractivity contribution is 6.17. The lowest BCUT2D eigenvalue weighted by Gasteiger charge is -2.07. The molecule has 0 atom stereocenters. The Bertz CT molecular complexity index is 645. The van der Waals surface area contributed by atoms with E-state index in [1.54, 1.807) is 0 Å². The number of hydrogen-bond donors (Lipinski definition) is 2. The number of carbonyl (C=O) groups is 2. The standard InChI is InChI=1S/C10H10N4O3/c1-4(15)8-6(11)3-7-10(9(8)5(2)16)12-13-14(7)17/h3,17H,11H2,1-2H3. The Balaban J connectivity index is 2.99. The van der Waals surface area contributed by atoms with Crippen molar-refractivity contribution in [2.75, 3.05) is 5.73 Å². The smallest absolute Gasteiger partial charge is 0.162 e. The van der Waals surface area contributed by atoms with Crippen molar-refractivity contribution in [2.24, 2.45) is 0 Å². The Kier molecular flexibility index (Phi) is 2.31. The van der Waals surface area contributed by atoms with Gasteiger partial charge in [0.05, 0.1) is 11.1 Å². The van der Waals surface area contributed by atoms with Gasteiger partial charge < -0.3 is 10.9 Å². The third-order valence-electron chi connectivity index (χ3n) is 2.46. The molecule has 0 amide bonds. The molecule has 1 aromatic heterocycles. The summed E-state index contributed by atoms with van der Waals surface area (Å²) in [4.78, 5) is 23.6. The van der Waals surface area contributed by atoms with E-state index in [0.29, 0.717) is 4.85 Å². The zero-order valence-electron chi connectivity index (χ0n) is 9.26. The number of aromatic nitrogens is 3. The number of benzene rings is 1. The molecular formula is C10H10N4O3. The van der Waals surface area contributed by atoms with Gasteiger partial charge in [0.2, 0.25) is 0 Å². The predicted octanol–water partition coefficient (Wildman–Crippen LogP) is 0.656. The Morgan fingerprint density at radius 3 is 2.41 bits per heavy atom. The number of nitrogen functional groups attached to an aromatic ring is 1. The quantitative estimate of drug-likeness (QED) is 0.448. The van der Waals surface area contributed by atoms with E-state index in [1.165, 1.54) is 19.9 Å². The van der Waals surface area contributed by atoms with Gasteiger partial charge in [0.15, 0.2) is 11.6 Å². The van der Waals surface area contributed by atoms with Gasteiger partial charge in [0.1, 0.15) is 11.0 Å². The summed E-state index contributed by atoms with van der Waals surface area (Å²) in [5.74, 6) is -0.685. The number of fused-ring (bicyclic) bond motifs is 1. The molecule has 0 aliphatic heterocycles. The topological polar surface area (TPSA) is 111 Å². The van der Waals surface area contributed by atoms with Crippen molar-refractivity contribution in [3.63, 3.8) is 0 Å². The van der Waals surface area contributed by atoms with E-state index in [4.69, 9.17) is 5.73 Å². The molecule has 0 unspecified atom stereocenters. The average molecular weight is 234 g/mol. The number of carbonyl (C=O) groups excluding carboxylic acids is 2. The van der Waals surface area contributed by atoms with Gasteiger partial charge in [-0.15, -0.1) is 5.10 Å². The minimum absolute atomic E-state index is 0.0906. The van der Waals surface area contributed by atoms with Crippen LogP contribution in [0.15, 0.2) is 6.07 Å². The molecule has 0 saturated heterocycles. The SMILES string of the molecule is CC(=O)c1c(N)cc2c(nnn2O)c1C(C)=O. The highest BCUT2D eigenvalue weighted by Crippen LogP contribution is 2.26. The molecule has 1 heterocycles. The third-order valence-corrected chi connectivity index (χ3v) is 2.46. The van der Waals surface area contributed by atoms with Gasteiger partial charge in [-0.2, -0.15) is 0 Å². The van der Waals surface area contributed by atoms with Gasteiger partial charge in [-0.1, -0.05) is 4.85 Å². The summed E-state index contributed by atoms with van der Waals surface area (Å²) in [6.07, 6.45) is 0. The van der Waals surface area contributed by atoms with Crippen molar-refractivity contribution in [1.82, 2.24) is 15.2 Å². The van der Waals surface area contributed by atoms with Gasteiger partial charge in [0.25, 0.3) is 0 Å². The van der Waals surface area contributed by atoms with Crippen LogP contribution in [0, 0.1) is 0 Å². The summed E-state index contributed by atoms with van der Waals surface area (Å²) in [6.45, 7) is 2.62. The van der Waals surface area contributed by atoms with Crippen LogP contribution < -0.4 is 5.73 Å². The maximum absolute atomic E-state index is 11.6. The number of nitrogens with zero attached hydrogens (tertiary/aromatic N) is 3. The van der Waals surface area contributed by atoms with E-state index >= 15 is 0 Å². The van der Waals surface area contributed by atoms with Crippen LogP contribution in [-0.4, -0.2) is 31.9 Å². The number of anilines is 1. The Labute approximate surface area is 95.8 Å². The summed E-state index contributed by atoms with van der Waals surface area (Å²) in [5.41, 5.74) is 6.38. The number of hydrogen-bond acceptors (Lipinski definition) is 6. The number of nitrogens with two attached hydrogens (primary N) is 1. The zero-order chi connectivity index (χ0) is 12.7. The minimum atomic E-state index is -0.354. The first kappa shape index (κ1) is 11.1. The highest BCUT2D eigenvalue weighted by Gasteiger charge is 2.22. The van der Waals surface area contributed by atoms with Crippen molar-refractivity contribution in [3.05, 3.63) is 17.2 Å². The van der Waals surface area contributed by atoms with Crippen molar-refractivity contribution >= 4 is 28.3 Å². The van der Waals surface area contributed by atoms with E-state index in [1.807, 2.05) is 0 Å². The Morgan fingerprint density at radius 1 is 1.29 bits per heavy atom. The first-order chi connectivity index (χ1) is 7.93. The molecule has 0 spiro atoms.